The number of benzene rings is 2. The van der Waals surface area contributed by atoms with Crippen LogP contribution in [0.3, 0.4) is 0 Å². The van der Waals surface area contributed by atoms with Crippen LogP contribution in [0.1, 0.15) is 11.1 Å². The van der Waals surface area contributed by atoms with Crippen molar-refractivity contribution in [3.05, 3.63) is 69.6 Å². The molecule has 0 amide bonds. The molecule has 5 heteroatoms. The molecule has 2 aromatic carbocycles. The summed E-state index contributed by atoms with van der Waals surface area (Å²) in [6, 6.07) is 14.9. The van der Waals surface area contributed by atoms with Crippen LogP contribution in [0.5, 0.6) is 0 Å². The molecule has 0 aromatic heterocycles. The third-order valence-electron chi connectivity index (χ3n) is 2.92. The highest BCUT2D eigenvalue weighted by molar-refractivity contribution is 7.95. The molecule has 2 rings (SSSR count). The lowest BCUT2D eigenvalue weighted by molar-refractivity contribution is 0.603. The number of nitriles is 1. The Bertz CT molecular complexity index is 831. The van der Waals surface area contributed by atoms with Crippen molar-refractivity contribution < 1.29 is 8.42 Å². The second kappa shape index (κ2) is 6.13. The molecule has 0 aliphatic carbocycles. The number of sulfone groups is 1. The van der Waals surface area contributed by atoms with Crippen LogP contribution in [0.15, 0.2) is 58.3 Å². The largest absolute Gasteiger partial charge is 0.218 e. The molecule has 106 valence electrons. The van der Waals surface area contributed by atoms with E-state index in [4.69, 9.17) is 11.6 Å². The van der Waals surface area contributed by atoms with E-state index in [1.165, 1.54) is 18.2 Å². The van der Waals surface area contributed by atoms with Crippen molar-refractivity contribution in [2.75, 3.05) is 0 Å². The van der Waals surface area contributed by atoms with Gasteiger partial charge in [0.25, 0.3) is 0 Å². The molecule has 2 aromatic rings. The SMILES string of the molecule is Cc1ccc(S(=O)(=O)/C(C#N)=C\c2ccccc2Cl)cc1. The molecular weight excluding hydrogens is 306 g/mol. The first-order chi connectivity index (χ1) is 9.95. The number of hydrogen-bond donors (Lipinski definition) is 0. The van der Waals surface area contributed by atoms with Crippen LogP contribution in [0.25, 0.3) is 6.08 Å². The highest BCUT2D eigenvalue weighted by atomic mass is 35.5. The van der Waals surface area contributed by atoms with Gasteiger partial charge in [-0.1, -0.05) is 47.5 Å². The first-order valence-corrected chi connectivity index (χ1v) is 7.99. The summed E-state index contributed by atoms with van der Waals surface area (Å²) in [7, 11) is -3.84. The minimum Gasteiger partial charge on any atom is -0.218 e. The summed E-state index contributed by atoms with van der Waals surface area (Å²) in [6.45, 7) is 1.86. The third-order valence-corrected chi connectivity index (χ3v) is 4.95. The zero-order valence-corrected chi connectivity index (χ0v) is 12.8. The fraction of sp³-hybridized carbons (Fsp3) is 0.0625. The topological polar surface area (TPSA) is 57.9 Å². The molecule has 0 bridgehead atoms. The van der Waals surface area contributed by atoms with E-state index in [1.54, 1.807) is 42.5 Å². The second-order valence-electron chi connectivity index (χ2n) is 4.46. The molecule has 0 saturated heterocycles. The van der Waals surface area contributed by atoms with Crippen LogP contribution >= 0.6 is 11.6 Å². The lowest BCUT2D eigenvalue weighted by atomic mass is 10.2. The molecule has 0 atom stereocenters. The van der Waals surface area contributed by atoms with Crippen LogP contribution in [-0.2, 0) is 9.84 Å². The van der Waals surface area contributed by atoms with E-state index in [0.29, 0.717) is 10.6 Å². The first-order valence-electron chi connectivity index (χ1n) is 6.13. The van der Waals surface area contributed by atoms with Crippen molar-refractivity contribution in [1.29, 1.82) is 5.26 Å². The van der Waals surface area contributed by atoms with Crippen LogP contribution < -0.4 is 0 Å². The molecule has 3 nitrogen and oxygen atoms in total. The minimum atomic E-state index is -3.84. The van der Waals surface area contributed by atoms with Crippen molar-refractivity contribution in [1.82, 2.24) is 0 Å². The fourth-order valence-electron chi connectivity index (χ4n) is 1.75. The van der Waals surface area contributed by atoms with Crippen molar-refractivity contribution in [3.63, 3.8) is 0 Å². The number of hydrogen-bond acceptors (Lipinski definition) is 3. The van der Waals surface area contributed by atoms with E-state index in [1.807, 2.05) is 6.92 Å². The molecule has 0 heterocycles. The van der Waals surface area contributed by atoms with E-state index < -0.39 is 9.84 Å². The van der Waals surface area contributed by atoms with Crippen LogP contribution in [-0.4, -0.2) is 8.42 Å². The van der Waals surface area contributed by atoms with Gasteiger partial charge in [0.1, 0.15) is 11.0 Å². The molecule has 0 aliphatic heterocycles. The average molecular weight is 318 g/mol. The van der Waals surface area contributed by atoms with Gasteiger partial charge in [-0.15, -0.1) is 0 Å². The van der Waals surface area contributed by atoms with Crippen LogP contribution in [0.4, 0.5) is 0 Å². The molecule has 0 saturated carbocycles. The van der Waals surface area contributed by atoms with Gasteiger partial charge in [0.2, 0.25) is 9.84 Å². The smallest absolute Gasteiger partial charge is 0.216 e. The molecular formula is C16H12ClNO2S. The molecule has 0 spiro atoms. The van der Waals surface area contributed by atoms with E-state index >= 15 is 0 Å². The summed E-state index contributed by atoms with van der Waals surface area (Å²) >= 11 is 5.99. The van der Waals surface area contributed by atoms with Crippen molar-refractivity contribution >= 4 is 27.5 Å². The van der Waals surface area contributed by atoms with Gasteiger partial charge in [-0.3, -0.25) is 0 Å². The van der Waals surface area contributed by atoms with Crippen molar-refractivity contribution in [2.24, 2.45) is 0 Å². The summed E-state index contributed by atoms with van der Waals surface area (Å²) < 4.78 is 24.9. The monoisotopic (exact) mass is 317 g/mol. The highest BCUT2D eigenvalue weighted by Gasteiger charge is 2.20. The fourth-order valence-corrected chi connectivity index (χ4v) is 3.09. The molecule has 0 fully saturated rings. The van der Waals surface area contributed by atoms with Crippen LogP contribution in [0.2, 0.25) is 5.02 Å². The summed E-state index contributed by atoms with van der Waals surface area (Å²) in [5, 5.41) is 9.58. The van der Waals surface area contributed by atoms with Crippen molar-refractivity contribution in [2.45, 2.75) is 11.8 Å². The lowest BCUT2D eigenvalue weighted by Crippen LogP contribution is -2.03. The predicted molar refractivity (Wildman–Crippen MR) is 83.4 cm³/mol. The predicted octanol–water partition coefficient (Wildman–Crippen LogP) is 3.99. The summed E-state index contributed by atoms with van der Waals surface area (Å²) in [5.41, 5.74) is 1.44. The maximum atomic E-state index is 12.5. The Hall–Kier alpha value is -2.09. The number of allylic oxidation sites excluding steroid dienone is 1. The number of aryl methyl sites for hydroxylation is 1. The minimum absolute atomic E-state index is 0.0907. The van der Waals surface area contributed by atoms with Gasteiger partial charge in [-0.05, 0) is 36.8 Å². The normalized spacial score (nSPS) is 12.0. The quantitative estimate of drug-likeness (QED) is 0.804. The van der Waals surface area contributed by atoms with Gasteiger partial charge in [0.05, 0.1) is 4.90 Å². The van der Waals surface area contributed by atoms with Gasteiger partial charge >= 0.3 is 0 Å². The Balaban J connectivity index is 2.53. The summed E-state index contributed by atoms with van der Waals surface area (Å²) in [4.78, 5) is -0.243. The highest BCUT2D eigenvalue weighted by Crippen LogP contribution is 2.24. The number of halogens is 1. The Morgan fingerprint density at radius 3 is 2.33 bits per heavy atom. The average Bonchev–Trinajstić information content (AvgIpc) is 2.46. The summed E-state index contributed by atoms with van der Waals surface area (Å²) in [5.74, 6) is 0. The van der Waals surface area contributed by atoms with E-state index in [-0.39, 0.29) is 9.80 Å². The van der Waals surface area contributed by atoms with Gasteiger partial charge in [0.15, 0.2) is 0 Å². The molecule has 0 unspecified atom stereocenters. The standard InChI is InChI=1S/C16H12ClNO2S/c1-12-6-8-14(9-7-12)21(19,20)15(11-18)10-13-4-2-3-5-16(13)17/h2-10H,1H3/b15-10-. The van der Waals surface area contributed by atoms with E-state index in [0.717, 1.165) is 5.56 Å². The van der Waals surface area contributed by atoms with Crippen LogP contribution in [0, 0.1) is 18.3 Å². The number of nitrogens with zero attached hydrogens (tertiary/aromatic N) is 1. The second-order valence-corrected chi connectivity index (χ2v) is 6.78. The maximum Gasteiger partial charge on any atom is 0.216 e. The van der Waals surface area contributed by atoms with Gasteiger partial charge in [-0.25, -0.2) is 8.42 Å². The van der Waals surface area contributed by atoms with E-state index in [2.05, 4.69) is 0 Å². The zero-order valence-electron chi connectivity index (χ0n) is 11.2. The molecule has 0 N–H and O–H groups in total. The maximum absolute atomic E-state index is 12.5. The molecule has 0 radical (unpaired) electrons. The van der Waals surface area contributed by atoms with Gasteiger partial charge in [0, 0.05) is 5.02 Å². The van der Waals surface area contributed by atoms with E-state index in [9.17, 15) is 13.7 Å². The zero-order chi connectivity index (χ0) is 15.5. The Kier molecular flexibility index (Phi) is 4.46. The lowest BCUT2D eigenvalue weighted by Gasteiger charge is -2.04. The number of rotatable bonds is 3. The third kappa shape index (κ3) is 3.33. The van der Waals surface area contributed by atoms with Crippen molar-refractivity contribution in [3.8, 4) is 6.07 Å². The molecule has 0 aliphatic rings. The Labute approximate surface area is 129 Å². The summed E-state index contributed by atoms with van der Waals surface area (Å²) in [6.07, 6.45) is 1.29. The van der Waals surface area contributed by atoms with Gasteiger partial charge in [-0.2, -0.15) is 5.26 Å². The molecule has 21 heavy (non-hydrogen) atoms. The Morgan fingerprint density at radius 2 is 1.76 bits per heavy atom. The Morgan fingerprint density at radius 1 is 1.14 bits per heavy atom. The van der Waals surface area contributed by atoms with Gasteiger partial charge < -0.3 is 0 Å². The first kappa shape index (κ1) is 15.3.